The number of rotatable bonds is 8. The van der Waals surface area contributed by atoms with Gasteiger partial charge in [-0.25, -0.2) is 0 Å². The Kier molecular flexibility index (Phi) is 8.25. The molecule has 2 rings (SSSR count). The normalized spacial score (nSPS) is 15.0. The number of carbonyl (C=O) groups excluding carboxylic acids is 2. The van der Waals surface area contributed by atoms with Crippen LogP contribution in [0.3, 0.4) is 0 Å². The first kappa shape index (κ1) is 18.9. The highest BCUT2D eigenvalue weighted by Crippen LogP contribution is 2.10. The molecule has 1 aromatic carbocycles. The van der Waals surface area contributed by atoms with Gasteiger partial charge in [0.15, 0.2) is 0 Å². The summed E-state index contributed by atoms with van der Waals surface area (Å²) in [5, 5.41) is 5.71. The van der Waals surface area contributed by atoms with Gasteiger partial charge in [-0.3, -0.25) is 9.59 Å². The number of hydrogen-bond donors (Lipinski definition) is 3. The van der Waals surface area contributed by atoms with Crippen molar-refractivity contribution < 1.29 is 14.5 Å². The molecule has 1 aromatic rings. The van der Waals surface area contributed by atoms with E-state index in [1.54, 1.807) is 17.0 Å². The molecule has 2 amide bonds. The zero-order chi connectivity index (χ0) is 17.2. The van der Waals surface area contributed by atoms with E-state index in [9.17, 15) is 9.59 Å². The van der Waals surface area contributed by atoms with E-state index in [2.05, 4.69) is 26.6 Å². The first-order chi connectivity index (χ1) is 11.6. The van der Waals surface area contributed by atoms with E-state index in [1.165, 1.54) is 32.4 Å². The molecule has 1 fully saturated rings. The zero-order valence-electron chi connectivity index (χ0n) is 14.1. The van der Waals surface area contributed by atoms with Crippen LogP contribution in [0, 0.1) is 0 Å². The number of amides is 2. The van der Waals surface area contributed by atoms with E-state index < -0.39 is 0 Å². The Bertz CT molecular complexity index is 528. The summed E-state index contributed by atoms with van der Waals surface area (Å²) in [6, 6.07) is 7.16. The van der Waals surface area contributed by atoms with Gasteiger partial charge < -0.3 is 15.5 Å². The lowest BCUT2D eigenvalue weighted by Crippen LogP contribution is -3.12. The molecule has 0 bridgehead atoms. The zero-order valence-corrected chi connectivity index (χ0v) is 15.7. The number of hydrogen-bond acceptors (Lipinski definition) is 2. The minimum Gasteiger partial charge on any atom is -0.356 e. The van der Waals surface area contributed by atoms with E-state index in [-0.39, 0.29) is 11.8 Å². The summed E-state index contributed by atoms with van der Waals surface area (Å²) in [7, 11) is 0. The number of carbonyl (C=O) groups is 2. The van der Waals surface area contributed by atoms with E-state index >= 15 is 0 Å². The number of halogens is 1. The molecule has 24 heavy (non-hydrogen) atoms. The van der Waals surface area contributed by atoms with Gasteiger partial charge in [-0.05, 0) is 43.5 Å². The molecule has 132 valence electrons. The molecule has 0 aliphatic carbocycles. The van der Waals surface area contributed by atoms with Crippen molar-refractivity contribution in [2.45, 2.75) is 32.1 Å². The second kappa shape index (κ2) is 10.5. The molecule has 3 N–H and O–H groups in total. The van der Waals surface area contributed by atoms with Crippen LogP contribution in [0.5, 0.6) is 0 Å². The van der Waals surface area contributed by atoms with Crippen LogP contribution >= 0.6 is 15.9 Å². The van der Waals surface area contributed by atoms with Crippen LogP contribution in [0.4, 0.5) is 0 Å². The maximum Gasteiger partial charge on any atom is 0.251 e. The molecular formula is C18H27BrN3O2+. The highest BCUT2D eigenvalue weighted by molar-refractivity contribution is 9.10. The van der Waals surface area contributed by atoms with Gasteiger partial charge in [0.1, 0.15) is 0 Å². The number of likely N-dealkylation sites (tertiary alicyclic amines) is 1. The minimum absolute atomic E-state index is 0.000231. The Hall–Kier alpha value is -1.40. The van der Waals surface area contributed by atoms with Crippen molar-refractivity contribution in [1.82, 2.24) is 10.6 Å². The number of piperidine rings is 1. The molecule has 5 nitrogen and oxygen atoms in total. The predicted octanol–water partition coefficient (Wildman–Crippen LogP) is 1.14. The van der Waals surface area contributed by atoms with Gasteiger partial charge in [0, 0.05) is 36.0 Å². The summed E-state index contributed by atoms with van der Waals surface area (Å²) in [5.41, 5.74) is 0.600. The highest BCUT2D eigenvalue weighted by atomic mass is 79.9. The maximum absolute atomic E-state index is 11.9. The Morgan fingerprint density at radius 2 is 1.71 bits per heavy atom. The van der Waals surface area contributed by atoms with Gasteiger partial charge in [-0.15, -0.1) is 0 Å². The Morgan fingerprint density at radius 3 is 2.42 bits per heavy atom. The van der Waals surface area contributed by atoms with Crippen LogP contribution in [0.2, 0.25) is 0 Å². The lowest BCUT2D eigenvalue weighted by atomic mass is 10.1. The van der Waals surface area contributed by atoms with E-state index in [4.69, 9.17) is 0 Å². The van der Waals surface area contributed by atoms with Crippen molar-refractivity contribution >= 4 is 27.7 Å². The average molecular weight is 397 g/mol. The fraction of sp³-hybridized carbons (Fsp3) is 0.556. The Labute approximate surface area is 152 Å². The SMILES string of the molecule is O=C(CCNC(=O)c1ccc(Br)cc1)NCCC[NH+]1CCCCC1. The monoisotopic (exact) mass is 396 g/mol. The van der Waals surface area contributed by atoms with Crippen molar-refractivity contribution in [2.75, 3.05) is 32.7 Å². The van der Waals surface area contributed by atoms with Crippen molar-refractivity contribution in [3.63, 3.8) is 0 Å². The lowest BCUT2D eigenvalue weighted by molar-refractivity contribution is -0.904. The quantitative estimate of drug-likeness (QED) is 0.577. The van der Waals surface area contributed by atoms with Gasteiger partial charge in [0.2, 0.25) is 5.91 Å². The number of quaternary nitrogens is 1. The third kappa shape index (κ3) is 7.01. The smallest absolute Gasteiger partial charge is 0.251 e. The minimum atomic E-state index is -0.149. The topological polar surface area (TPSA) is 62.6 Å². The highest BCUT2D eigenvalue weighted by Gasteiger charge is 2.12. The summed E-state index contributed by atoms with van der Waals surface area (Å²) in [5.74, 6) is -0.149. The van der Waals surface area contributed by atoms with Crippen molar-refractivity contribution in [1.29, 1.82) is 0 Å². The molecule has 1 aliphatic rings. The molecule has 0 unspecified atom stereocenters. The molecule has 0 saturated carbocycles. The summed E-state index contributed by atoms with van der Waals surface area (Å²) >= 11 is 3.34. The molecule has 0 radical (unpaired) electrons. The molecule has 1 saturated heterocycles. The van der Waals surface area contributed by atoms with Gasteiger partial charge in [-0.1, -0.05) is 15.9 Å². The first-order valence-corrected chi connectivity index (χ1v) is 9.58. The maximum atomic E-state index is 11.9. The molecule has 0 spiro atoms. The fourth-order valence-corrected chi connectivity index (χ4v) is 3.21. The van der Waals surface area contributed by atoms with Crippen LogP contribution in [0.15, 0.2) is 28.7 Å². The molecule has 1 heterocycles. The number of nitrogens with one attached hydrogen (secondary N) is 3. The van der Waals surface area contributed by atoms with Gasteiger partial charge >= 0.3 is 0 Å². The van der Waals surface area contributed by atoms with Gasteiger partial charge in [0.05, 0.1) is 19.6 Å². The van der Waals surface area contributed by atoms with Crippen LogP contribution in [0.25, 0.3) is 0 Å². The van der Waals surface area contributed by atoms with E-state index in [0.717, 1.165) is 24.0 Å². The second-order valence-corrected chi connectivity index (χ2v) is 7.19. The van der Waals surface area contributed by atoms with Gasteiger partial charge in [-0.2, -0.15) is 0 Å². The van der Waals surface area contributed by atoms with Crippen molar-refractivity contribution in [2.24, 2.45) is 0 Å². The second-order valence-electron chi connectivity index (χ2n) is 6.28. The van der Waals surface area contributed by atoms with Crippen LogP contribution in [0.1, 0.15) is 42.5 Å². The summed E-state index contributed by atoms with van der Waals surface area (Å²) in [6.07, 6.45) is 5.37. The average Bonchev–Trinajstić information content (AvgIpc) is 2.60. The standard InChI is InChI=1S/C18H26BrN3O2/c19-16-7-5-15(6-8-16)18(24)21-11-9-17(23)20-10-4-14-22-12-2-1-3-13-22/h5-8H,1-4,9-14H2,(H,20,23)(H,21,24)/p+1. The Balaban J connectivity index is 1.53. The largest absolute Gasteiger partial charge is 0.356 e. The lowest BCUT2D eigenvalue weighted by Gasteiger charge is -2.23. The fourth-order valence-electron chi connectivity index (χ4n) is 2.95. The van der Waals surface area contributed by atoms with Crippen LogP contribution in [-0.2, 0) is 4.79 Å². The Morgan fingerprint density at radius 1 is 1.00 bits per heavy atom. The van der Waals surface area contributed by atoms with E-state index in [0.29, 0.717) is 18.5 Å². The first-order valence-electron chi connectivity index (χ1n) is 8.79. The van der Waals surface area contributed by atoms with E-state index in [1.807, 2.05) is 12.1 Å². The summed E-state index contributed by atoms with van der Waals surface area (Å²) in [4.78, 5) is 25.4. The van der Waals surface area contributed by atoms with Crippen molar-refractivity contribution in [3.8, 4) is 0 Å². The molecule has 0 aromatic heterocycles. The van der Waals surface area contributed by atoms with Crippen molar-refractivity contribution in [3.05, 3.63) is 34.3 Å². The predicted molar refractivity (Wildman–Crippen MR) is 98.1 cm³/mol. The van der Waals surface area contributed by atoms with Crippen LogP contribution < -0.4 is 15.5 Å². The van der Waals surface area contributed by atoms with Gasteiger partial charge in [0.25, 0.3) is 5.91 Å². The summed E-state index contributed by atoms with van der Waals surface area (Å²) in [6.45, 7) is 4.77. The molecule has 0 atom stereocenters. The number of benzene rings is 1. The molecule has 1 aliphatic heterocycles. The third-order valence-electron chi connectivity index (χ3n) is 4.33. The summed E-state index contributed by atoms with van der Waals surface area (Å²) < 4.78 is 0.935. The molecule has 6 heteroatoms. The molecular weight excluding hydrogens is 370 g/mol. The van der Waals surface area contributed by atoms with Crippen LogP contribution in [-0.4, -0.2) is 44.5 Å². The third-order valence-corrected chi connectivity index (χ3v) is 4.86.